The highest BCUT2D eigenvalue weighted by molar-refractivity contribution is 5.99. The standard InChI is InChI=1S/C18H24N4O5/c1-10(2)21-8-12(15(23)13(9-21)18(26)27)17(25)22-6-5-19-7-14(22)16(24)20-11-3-4-11/h8-11,14,19H,3-7H2,1-2H3,(H,20,24)(H,26,27). The number of carbonyl (C=O) groups is 3. The van der Waals surface area contributed by atoms with Crippen molar-refractivity contribution >= 4 is 17.8 Å². The van der Waals surface area contributed by atoms with Gasteiger partial charge < -0.3 is 25.2 Å². The summed E-state index contributed by atoms with van der Waals surface area (Å²) in [5, 5.41) is 15.3. The van der Waals surface area contributed by atoms with Crippen LogP contribution >= 0.6 is 0 Å². The van der Waals surface area contributed by atoms with Crippen LogP contribution in [0.2, 0.25) is 0 Å². The van der Waals surface area contributed by atoms with E-state index >= 15 is 0 Å². The molecule has 9 heteroatoms. The van der Waals surface area contributed by atoms with E-state index in [0.717, 1.165) is 12.8 Å². The first-order valence-electron chi connectivity index (χ1n) is 9.10. The lowest BCUT2D eigenvalue weighted by Gasteiger charge is -2.35. The zero-order chi connectivity index (χ0) is 19.7. The van der Waals surface area contributed by atoms with Crippen molar-refractivity contribution in [2.45, 2.75) is 44.8 Å². The highest BCUT2D eigenvalue weighted by Gasteiger charge is 2.36. The summed E-state index contributed by atoms with van der Waals surface area (Å²) in [4.78, 5) is 51.0. The van der Waals surface area contributed by atoms with E-state index in [1.165, 1.54) is 21.9 Å². The van der Waals surface area contributed by atoms with Gasteiger partial charge in [0.2, 0.25) is 11.3 Å². The smallest absolute Gasteiger partial charge is 0.341 e. The number of amides is 2. The summed E-state index contributed by atoms with van der Waals surface area (Å²) < 4.78 is 1.53. The molecule has 3 rings (SSSR count). The molecule has 3 N–H and O–H groups in total. The molecular formula is C18H24N4O5. The molecule has 1 saturated heterocycles. The Bertz CT molecular complexity index is 828. The molecule has 0 bridgehead atoms. The lowest BCUT2D eigenvalue weighted by Crippen LogP contribution is -2.60. The average Bonchev–Trinajstić information content (AvgIpc) is 3.44. The van der Waals surface area contributed by atoms with Gasteiger partial charge in [-0.25, -0.2) is 4.79 Å². The Labute approximate surface area is 156 Å². The molecule has 1 saturated carbocycles. The van der Waals surface area contributed by atoms with E-state index in [2.05, 4.69) is 10.6 Å². The summed E-state index contributed by atoms with van der Waals surface area (Å²) in [7, 11) is 0. The molecule has 2 amide bonds. The maximum Gasteiger partial charge on any atom is 0.341 e. The molecule has 146 valence electrons. The molecule has 1 aliphatic carbocycles. The molecule has 1 unspecified atom stereocenters. The molecular weight excluding hydrogens is 352 g/mol. The van der Waals surface area contributed by atoms with Gasteiger partial charge in [0.25, 0.3) is 5.91 Å². The van der Waals surface area contributed by atoms with Gasteiger partial charge in [0.05, 0.1) is 0 Å². The molecule has 2 aliphatic rings. The maximum absolute atomic E-state index is 13.1. The Balaban J connectivity index is 1.96. The number of carboxylic acids is 1. The highest BCUT2D eigenvalue weighted by Crippen LogP contribution is 2.20. The Kier molecular flexibility index (Phi) is 5.31. The van der Waals surface area contributed by atoms with Gasteiger partial charge in [0, 0.05) is 44.1 Å². The first-order chi connectivity index (χ1) is 12.8. The van der Waals surface area contributed by atoms with E-state index in [1.807, 2.05) is 13.8 Å². The zero-order valence-corrected chi connectivity index (χ0v) is 15.4. The quantitative estimate of drug-likeness (QED) is 0.656. The third-order valence-corrected chi connectivity index (χ3v) is 4.83. The predicted molar refractivity (Wildman–Crippen MR) is 96.9 cm³/mol. The summed E-state index contributed by atoms with van der Waals surface area (Å²) in [6.07, 6.45) is 4.47. The number of pyridine rings is 1. The van der Waals surface area contributed by atoms with Crippen LogP contribution in [0.5, 0.6) is 0 Å². The minimum atomic E-state index is -1.38. The van der Waals surface area contributed by atoms with Gasteiger partial charge in [-0.3, -0.25) is 14.4 Å². The van der Waals surface area contributed by atoms with Crippen molar-refractivity contribution in [3.05, 3.63) is 33.7 Å². The summed E-state index contributed by atoms with van der Waals surface area (Å²) in [5.41, 5.74) is -1.51. The zero-order valence-electron chi connectivity index (χ0n) is 15.4. The highest BCUT2D eigenvalue weighted by atomic mass is 16.4. The van der Waals surface area contributed by atoms with Crippen molar-refractivity contribution in [2.24, 2.45) is 0 Å². The van der Waals surface area contributed by atoms with Crippen LogP contribution in [0, 0.1) is 0 Å². The number of carbonyl (C=O) groups excluding carboxylic acids is 2. The van der Waals surface area contributed by atoms with Crippen molar-refractivity contribution in [2.75, 3.05) is 19.6 Å². The van der Waals surface area contributed by atoms with Crippen LogP contribution in [0.15, 0.2) is 17.2 Å². The first kappa shape index (κ1) is 19.1. The van der Waals surface area contributed by atoms with Crippen LogP contribution < -0.4 is 16.1 Å². The molecule has 0 radical (unpaired) electrons. The number of aromatic carboxylic acids is 1. The predicted octanol–water partition coefficient (Wildman–Crippen LogP) is -0.180. The Morgan fingerprint density at radius 2 is 1.89 bits per heavy atom. The molecule has 1 aliphatic heterocycles. The number of hydrogen-bond acceptors (Lipinski definition) is 5. The monoisotopic (exact) mass is 376 g/mol. The fraction of sp³-hybridized carbons (Fsp3) is 0.556. The largest absolute Gasteiger partial charge is 0.477 e. The van der Waals surface area contributed by atoms with Gasteiger partial charge >= 0.3 is 5.97 Å². The number of rotatable bonds is 5. The molecule has 1 aromatic heterocycles. The number of carboxylic acid groups (broad SMARTS) is 1. The molecule has 0 aromatic carbocycles. The lowest BCUT2D eigenvalue weighted by molar-refractivity contribution is -0.126. The maximum atomic E-state index is 13.1. The third kappa shape index (κ3) is 4.02. The van der Waals surface area contributed by atoms with Crippen LogP contribution in [0.25, 0.3) is 0 Å². The van der Waals surface area contributed by atoms with E-state index in [-0.39, 0.29) is 30.1 Å². The van der Waals surface area contributed by atoms with E-state index in [0.29, 0.717) is 13.1 Å². The molecule has 1 atom stereocenters. The number of hydrogen-bond donors (Lipinski definition) is 3. The Morgan fingerprint density at radius 1 is 1.22 bits per heavy atom. The number of nitrogens with zero attached hydrogens (tertiary/aromatic N) is 2. The first-order valence-corrected chi connectivity index (χ1v) is 9.10. The van der Waals surface area contributed by atoms with E-state index in [1.54, 1.807) is 0 Å². The van der Waals surface area contributed by atoms with Crippen molar-refractivity contribution < 1.29 is 19.5 Å². The second-order valence-corrected chi connectivity index (χ2v) is 7.26. The fourth-order valence-electron chi connectivity index (χ4n) is 3.06. The lowest BCUT2D eigenvalue weighted by atomic mass is 10.1. The summed E-state index contributed by atoms with van der Waals surface area (Å²) in [6.45, 7) is 4.69. The molecule has 0 spiro atoms. The third-order valence-electron chi connectivity index (χ3n) is 4.83. The summed E-state index contributed by atoms with van der Waals surface area (Å²) in [5.74, 6) is -2.25. The van der Waals surface area contributed by atoms with Crippen LogP contribution in [0.1, 0.15) is 53.4 Å². The van der Waals surface area contributed by atoms with E-state index in [9.17, 15) is 24.3 Å². The summed E-state index contributed by atoms with van der Waals surface area (Å²) in [6, 6.07) is -0.704. The van der Waals surface area contributed by atoms with Crippen LogP contribution in [-0.4, -0.2) is 64.1 Å². The topological polar surface area (TPSA) is 121 Å². The van der Waals surface area contributed by atoms with Gasteiger partial charge in [0.15, 0.2) is 0 Å². The van der Waals surface area contributed by atoms with Gasteiger partial charge in [-0.05, 0) is 26.7 Å². The number of aromatic nitrogens is 1. The van der Waals surface area contributed by atoms with Gasteiger partial charge in [-0.15, -0.1) is 0 Å². The molecule has 27 heavy (non-hydrogen) atoms. The number of nitrogens with one attached hydrogen (secondary N) is 2. The van der Waals surface area contributed by atoms with Gasteiger partial charge in [-0.2, -0.15) is 0 Å². The van der Waals surface area contributed by atoms with Gasteiger partial charge in [-0.1, -0.05) is 0 Å². The van der Waals surface area contributed by atoms with Crippen LogP contribution in [0.4, 0.5) is 0 Å². The fourth-order valence-corrected chi connectivity index (χ4v) is 3.06. The normalized spacial score (nSPS) is 19.8. The minimum Gasteiger partial charge on any atom is -0.477 e. The Morgan fingerprint density at radius 3 is 2.48 bits per heavy atom. The average molecular weight is 376 g/mol. The molecule has 2 heterocycles. The van der Waals surface area contributed by atoms with Crippen molar-refractivity contribution in [3.63, 3.8) is 0 Å². The van der Waals surface area contributed by atoms with Crippen molar-refractivity contribution in [1.82, 2.24) is 20.1 Å². The minimum absolute atomic E-state index is 0.132. The SMILES string of the molecule is CC(C)n1cc(C(=O)O)c(=O)c(C(=O)N2CCNCC2C(=O)NC2CC2)c1. The second kappa shape index (κ2) is 7.51. The summed E-state index contributed by atoms with van der Waals surface area (Å²) >= 11 is 0. The molecule has 1 aromatic rings. The van der Waals surface area contributed by atoms with E-state index in [4.69, 9.17) is 0 Å². The molecule has 9 nitrogen and oxygen atoms in total. The van der Waals surface area contributed by atoms with Crippen molar-refractivity contribution in [3.8, 4) is 0 Å². The van der Waals surface area contributed by atoms with Crippen molar-refractivity contribution in [1.29, 1.82) is 0 Å². The van der Waals surface area contributed by atoms with Crippen LogP contribution in [-0.2, 0) is 4.79 Å². The Hall–Kier alpha value is -2.68. The van der Waals surface area contributed by atoms with E-state index < -0.39 is 28.9 Å². The van der Waals surface area contributed by atoms with Crippen LogP contribution in [0.3, 0.4) is 0 Å². The molecule has 2 fully saturated rings. The van der Waals surface area contributed by atoms with Gasteiger partial charge in [0.1, 0.15) is 17.2 Å². The number of piperazine rings is 1. The second-order valence-electron chi connectivity index (χ2n) is 7.26.